The van der Waals surface area contributed by atoms with Gasteiger partial charge in [-0.25, -0.2) is 4.39 Å². The summed E-state index contributed by atoms with van der Waals surface area (Å²) in [6.07, 6.45) is 7.59. The second-order valence-electron chi connectivity index (χ2n) is 8.60. The van der Waals surface area contributed by atoms with Crippen LogP contribution in [-0.4, -0.2) is 23.2 Å². The highest BCUT2D eigenvalue weighted by molar-refractivity contribution is 6.30. The van der Waals surface area contributed by atoms with E-state index in [0.717, 1.165) is 30.7 Å². The minimum atomic E-state index is -0.564. The van der Waals surface area contributed by atoms with Gasteiger partial charge >= 0.3 is 0 Å². The largest absolute Gasteiger partial charge is 0.484 e. The molecule has 0 spiro atoms. The lowest BCUT2D eigenvalue weighted by molar-refractivity contribution is -0.140. The summed E-state index contributed by atoms with van der Waals surface area (Å²) in [5, 5.41) is 7.43. The molecule has 0 aliphatic heterocycles. The molecule has 4 fully saturated rings. The standard InChI is InChI=1S/C21H22ClFN2O3/c22-15-6-5-14(7-16(15)23)27-9-19(26)24-21-10-20(11-21,12-21)18-8-17(28-25-18)13-3-1-2-4-13/h5-8,13H,1-4,9-12H2,(H,24,26). The van der Waals surface area contributed by atoms with Gasteiger partial charge in [0.05, 0.1) is 10.7 Å². The van der Waals surface area contributed by atoms with E-state index in [9.17, 15) is 9.18 Å². The number of carbonyl (C=O) groups is 1. The van der Waals surface area contributed by atoms with Crippen LogP contribution in [0, 0.1) is 5.82 Å². The fourth-order valence-corrected chi connectivity index (χ4v) is 5.30. The second-order valence-corrected chi connectivity index (χ2v) is 9.01. The van der Waals surface area contributed by atoms with Crippen molar-refractivity contribution >= 4 is 17.5 Å². The topological polar surface area (TPSA) is 64.4 Å². The Balaban J connectivity index is 1.13. The molecule has 1 heterocycles. The average molecular weight is 405 g/mol. The van der Waals surface area contributed by atoms with E-state index in [1.165, 1.54) is 37.8 Å². The first-order valence-electron chi connectivity index (χ1n) is 9.83. The highest BCUT2D eigenvalue weighted by Crippen LogP contribution is 2.67. The number of halogens is 2. The maximum atomic E-state index is 13.4. The van der Waals surface area contributed by atoms with Crippen molar-refractivity contribution in [1.29, 1.82) is 0 Å². The summed E-state index contributed by atoms with van der Waals surface area (Å²) < 4.78 is 24.4. The van der Waals surface area contributed by atoms with Gasteiger partial charge in [-0.15, -0.1) is 0 Å². The molecule has 1 aromatic carbocycles. The van der Waals surface area contributed by atoms with Crippen LogP contribution in [0.3, 0.4) is 0 Å². The van der Waals surface area contributed by atoms with Gasteiger partial charge in [0.25, 0.3) is 5.91 Å². The van der Waals surface area contributed by atoms with Crippen molar-refractivity contribution in [3.63, 3.8) is 0 Å². The molecule has 1 amide bonds. The molecule has 4 aliphatic rings. The molecule has 0 atom stereocenters. The van der Waals surface area contributed by atoms with Crippen molar-refractivity contribution in [1.82, 2.24) is 10.5 Å². The van der Waals surface area contributed by atoms with Gasteiger partial charge in [-0.2, -0.15) is 0 Å². The predicted molar refractivity (Wildman–Crippen MR) is 101 cm³/mol. The fourth-order valence-electron chi connectivity index (χ4n) is 5.18. The van der Waals surface area contributed by atoms with Crippen molar-refractivity contribution in [2.75, 3.05) is 6.61 Å². The van der Waals surface area contributed by atoms with Crippen LogP contribution in [0.4, 0.5) is 4.39 Å². The number of carbonyl (C=O) groups excluding carboxylic acids is 1. The number of amides is 1. The van der Waals surface area contributed by atoms with E-state index in [-0.39, 0.29) is 34.2 Å². The Kier molecular flexibility index (Phi) is 4.16. The average Bonchev–Trinajstić information content (AvgIpc) is 3.29. The van der Waals surface area contributed by atoms with Crippen LogP contribution in [-0.2, 0) is 10.2 Å². The number of ether oxygens (including phenoxy) is 1. The van der Waals surface area contributed by atoms with Crippen LogP contribution in [0.25, 0.3) is 0 Å². The molecule has 2 bridgehead atoms. The third-order valence-corrected chi connectivity index (χ3v) is 6.83. The second kappa shape index (κ2) is 6.48. The smallest absolute Gasteiger partial charge is 0.258 e. The Hall–Kier alpha value is -2.08. The van der Waals surface area contributed by atoms with Gasteiger partial charge in [-0.05, 0) is 44.2 Å². The fraction of sp³-hybridized carbons (Fsp3) is 0.524. The molecule has 4 aliphatic carbocycles. The van der Waals surface area contributed by atoms with Gasteiger partial charge in [0.2, 0.25) is 0 Å². The van der Waals surface area contributed by atoms with Gasteiger partial charge in [-0.3, -0.25) is 4.79 Å². The molecule has 1 N–H and O–H groups in total. The number of aromatic nitrogens is 1. The van der Waals surface area contributed by atoms with Crippen LogP contribution in [0.15, 0.2) is 28.8 Å². The summed E-state index contributed by atoms with van der Waals surface area (Å²) in [6, 6.07) is 6.27. The van der Waals surface area contributed by atoms with E-state index in [1.807, 2.05) is 0 Å². The Morgan fingerprint density at radius 2 is 2.04 bits per heavy atom. The third kappa shape index (κ3) is 2.98. The van der Waals surface area contributed by atoms with Crippen molar-refractivity contribution < 1.29 is 18.4 Å². The maximum absolute atomic E-state index is 13.4. The van der Waals surface area contributed by atoms with Crippen molar-refractivity contribution in [2.45, 2.75) is 61.8 Å². The molecule has 148 valence electrons. The summed E-state index contributed by atoms with van der Waals surface area (Å²) in [6.45, 7) is -0.147. The van der Waals surface area contributed by atoms with E-state index >= 15 is 0 Å². The monoisotopic (exact) mass is 404 g/mol. The molecule has 0 radical (unpaired) electrons. The predicted octanol–water partition coefficient (Wildman–Crippen LogP) is 4.49. The van der Waals surface area contributed by atoms with Gasteiger partial charge in [-0.1, -0.05) is 29.6 Å². The Labute approximate surface area is 167 Å². The summed E-state index contributed by atoms with van der Waals surface area (Å²) >= 11 is 5.64. The van der Waals surface area contributed by atoms with Crippen molar-refractivity contribution in [2.24, 2.45) is 0 Å². The summed E-state index contributed by atoms with van der Waals surface area (Å²) in [7, 11) is 0. The lowest BCUT2D eigenvalue weighted by Gasteiger charge is -2.69. The molecule has 0 unspecified atom stereocenters. The number of hydrogen-bond acceptors (Lipinski definition) is 4. The maximum Gasteiger partial charge on any atom is 0.258 e. The minimum Gasteiger partial charge on any atom is -0.484 e. The zero-order chi connectivity index (χ0) is 19.4. The first-order chi connectivity index (χ1) is 13.5. The van der Waals surface area contributed by atoms with Crippen LogP contribution in [0.5, 0.6) is 5.75 Å². The normalized spacial score (nSPS) is 28.5. The molecule has 0 saturated heterocycles. The Bertz CT molecular complexity index is 902. The van der Waals surface area contributed by atoms with Crippen LogP contribution in [0.1, 0.15) is 62.3 Å². The number of nitrogens with one attached hydrogen (secondary N) is 1. The molecule has 2 aromatic rings. The van der Waals surface area contributed by atoms with E-state index < -0.39 is 5.82 Å². The molecule has 4 saturated carbocycles. The van der Waals surface area contributed by atoms with E-state index in [1.54, 1.807) is 6.07 Å². The zero-order valence-electron chi connectivity index (χ0n) is 15.5. The Morgan fingerprint density at radius 1 is 1.29 bits per heavy atom. The molecular weight excluding hydrogens is 383 g/mol. The molecular formula is C21H22ClFN2O3. The number of hydrogen-bond donors (Lipinski definition) is 1. The lowest BCUT2D eigenvalue weighted by Crippen LogP contribution is -2.77. The van der Waals surface area contributed by atoms with E-state index in [4.69, 9.17) is 20.9 Å². The summed E-state index contributed by atoms with van der Waals surface area (Å²) in [5.41, 5.74) is 0.949. The van der Waals surface area contributed by atoms with E-state index in [0.29, 0.717) is 5.92 Å². The summed E-state index contributed by atoms with van der Waals surface area (Å²) in [5.74, 6) is 1.07. The van der Waals surface area contributed by atoms with Crippen LogP contribution in [0.2, 0.25) is 5.02 Å². The SMILES string of the molecule is O=C(COc1ccc(Cl)c(F)c1)NC12CC(c3cc(C4CCCC4)on3)(C1)C2. The molecule has 7 heteroatoms. The highest BCUT2D eigenvalue weighted by Gasteiger charge is 2.70. The number of rotatable bonds is 6. The van der Waals surface area contributed by atoms with Crippen molar-refractivity contribution in [3.05, 3.63) is 46.6 Å². The van der Waals surface area contributed by atoms with Gasteiger partial charge < -0.3 is 14.6 Å². The van der Waals surface area contributed by atoms with Gasteiger partial charge in [0.15, 0.2) is 6.61 Å². The minimum absolute atomic E-state index is 0.0277. The number of nitrogens with zero attached hydrogens (tertiary/aromatic N) is 1. The number of benzene rings is 1. The molecule has 5 nitrogen and oxygen atoms in total. The summed E-state index contributed by atoms with van der Waals surface area (Å²) in [4.78, 5) is 12.2. The molecule has 6 rings (SSSR count). The highest BCUT2D eigenvalue weighted by atomic mass is 35.5. The molecule has 1 aromatic heterocycles. The van der Waals surface area contributed by atoms with Crippen LogP contribution >= 0.6 is 11.6 Å². The van der Waals surface area contributed by atoms with Gasteiger partial charge in [0, 0.05) is 29.0 Å². The third-order valence-electron chi connectivity index (χ3n) is 6.53. The first-order valence-corrected chi connectivity index (χ1v) is 10.2. The van der Waals surface area contributed by atoms with E-state index in [2.05, 4.69) is 16.5 Å². The first kappa shape index (κ1) is 18.0. The Morgan fingerprint density at radius 3 is 2.75 bits per heavy atom. The lowest BCUT2D eigenvalue weighted by atomic mass is 9.38. The zero-order valence-corrected chi connectivity index (χ0v) is 16.2. The van der Waals surface area contributed by atoms with Crippen molar-refractivity contribution in [3.8, 4) is 5.75 Å². The quantitative estimate of drug-likeness (QED) is 0.770. The van der Waals surface area contributed by atoms with Crippen LogP contribution < -0.4 is 10.1 Å². The molecule has 28 heavy (non-hydrogen) atoms. The van der Waals surface area contributed by atoms with Gasteiger partial charge in [0.1, 0.15) is 17.3 Å².